The van der Waals surface area contributed by atoms with E-state index in [2.05, 4.69) is 0 Å². The van der Waals surface area contributed by atoms with E-state index < -0.39 is 11.0 Å². The Morgan fingerprint density at radius 1 is 1.43 bits per heavy atom. The van der Waals surface area contributed by atoms with Crippen molar-refractivity contribution < 1.29 is 19.1 Å². The van der Waals surface area contributed by atoms with Gasteiger partial charge in [-0.15, -0.1) is 0 Å². The molecule has 3 aliphatic rings. The van der Waals surface area contributed by atoms with Gasteiger partial charge in [-0.25, -0.2) is 0 Å². The van der Waals surface area contributed by atoms with Gasteiger partial charge < -0.3 is 14.4 Å². The van der Waals surface area contributed by atoms with Crippen molar-refractivity contribution in [3.8, 4) is 0 Å². The number of anilines is 1. The Bertz CT molecular complexity index is 672. The zero-order valence-corrected chi connectivity index (χ0v) is 12.3. The number of nitrogens with zero attached hydrogens (tertiary/aromatic N) is 1. The number of esters is 1. The third kappa shape index (κ3) is 1.18. The van der Waals surface area contributed by atoms with E-state index in [1.165, 1.54) is 7.11 Å². The fourth-order valence-corrected chi connectivity index (χ4v) is 4.41. The summed E-state index contributed by atoms with van der Waals surface area (Å²) in [6.45, 7) is 1.96. The molecule has 0 aromatic heterocycles. The molecule has 0 radical (unpaired) electrons. The molecule has 2 aliphatic heterocycles. The minimum absolute atomic E-state index is 0.0555. The molecule has 2 heterocycles. The van der Waals surface area contributed by atoms with Gasteiger partial charge in [0.25, 0.3) is 5.91 Å². The van der Waals surface area contributed by atoms with Crippen molar-refractivity contribution in [1.29, 1.82) is 0 Å². The Hall–Kier alpha value is -1.88. The number of para-hydroxylation sites is 1. The van der Waals surface area contributed by atoms with Crippen LogP contribution in [0.15, 0.2) is 24.3 Å². The summed E-state index contributed by atoms with van der Waals surface area (Å²) in [6, 6.07) is 7.73. The van der Waals surface area contributed by atoms with Gasteiger partial charge in [0.15, 0.2) is 5.60 Å². The molecule has 1 aliphatic carbocycles. The Morgan fingerprint density at radius 2 is 2.14 bits per heavy atom. The summed E-state index contributed by atoms with van der Waals surface area (Å²) in [6.07, 6.45) is 0.354. The third-order valence-corrected chi connectivity index (χ3v) is 5.58. The van der Waals surface area contributed by atoms with Crippen molar-refractivity contribution in [2.75, 3.05) is 19.1 Å². The van der Waals surface area contributed by atoms with E-state index in [0.717, 1.165) is 11.3 Å². The minimum Gasteiger partial charge on any atom is -0.469 e. The number of hydrogen-bond donors (Lipinski definition) is 0. The molecule has 1 amide bonds. The lowest BCUT2D eigenvalue weighted by Crippen LogP contribution is -2.58. The standard InChI is InChI=1S/C16H17NO4/c1-15-9-6-4-5-7-11(9)17(2)14(19)16(15)12(21-16)8-10(15)13(18)20-3/h4-7,10,12H,8H2,1-3H3/t10-,12+,15-,16-/m0/s1. The van der Waals surface area contributed by atoms with Crippen LogP contribution in [0, 0.1) is 5.92 Å². The molecule has 110 valence electrons. The van der Waals surface area contributed by atoms with Gasteiger partial charge in [-0.05, 0) is 18.1 Å². The first-order valence-electron chi connectivity index (χ1n) is 7.11. The maximum Gasteiger partial charge on any atom is 0.309 e. The van der Waals surface area contributed by atoms with Crippen LogP contribution in [0.1, 0.15) is 18.9 Å². The molecule has 1 saturated carbocycles. The van der Waals surface area contributed by atoms with E-state index in [1.54, 1.807) is 11.9 Å². The predicted octanol–water partition coefficient (Wildman–Crippen LogP) is 1.25. The van der Waals surface area contributed by atoms with Crippen LogP contribution in [-0.4, -0.2) is 37.7 Å². The van der Waals surface area contributed by atoms with Crippen LogP contribution in [0.5, 0.6) is 0 Å². The number of rotatable bonds is 1. The van der Waals surface area contributed by atoms with E-state index in [0.29, 0.717) is 6.42 Å². The smallest absolute Gasteiger partial charge is 0.309 e. The third-order valence-electron chi connectivity index (χ3n) is 5.58. The zero-order valence-electron chi connectivity index (χ0n) is 12.3. The van der Waals surface area contributed by atoms with Gasteiger partial charge in [0.05, 0.1) is 19.1 Å². The lowest BCUT2D eigenvalue weighted by Gasteiger charge is -2.44. The second-order valence-electron chi connectivity index (χ2n) is 6.24. The van der Waals surface area contributed by atoms with Crippen LogP contribution in [0.3, 0.4) is 0 Å². The average Bonchev–Trinajstić information content (AvgIpc) is 3.18. The minimum atomic E-state index is -0.894. The molecule has 1 spiro atoms. The van der Waals surface area contributed by atoms with E-state index in [-0.39, 0.29) is 23.9 Å². The lowest BCUT2D eigenvalue weighted by atomic mass is 9.64. The molecule has 1 aromatic carbocycles. The first kappa shape index (κ1) is 12.8. The molecule has 4 atom stereocenters. The monoisotopic (exact) mass is 287 g/mol. The second-order valence-corrected chi connectivity index (χ2v) is 6.24. The number of carbonyl (C=O) groups is 2. The fraction of sp³-hybridized carbons (Fsp3) is 0.500. The van der Waals surface area contributed by atoms with Gasteiger partial charge in [0.2, 0.25) is 0 Å². The summed E-state index contributed by atoms with van der Waals surface area (Å²) >= 11 is 0. The summed E-state index contributed by atoms with van der Waals surface area (Å²) in [5.74, 6) is -0.667. The number of methoxy groups -OCH3 is 1. The summed E-state index contributed by atoms with van der Waals surface area (Å²) in [5.41, 5.74) is 0.281. The van der Waals surface area contributed by atoms with Crippen molar-refractivity contribution in [2.24, 2.45) is 5.92 Å². The Morgan fingerprint density at radius 3 is 2.86 bits per heavy atom. The number of benzene rings is 1. The summed E-state index contributed by atoms with van der Waals surface area (Å²) < 4.78 is 10.8. The Kier molecular flexibility index (Phi) is 2.23. The molecular formula is C16H17NO4. The Labute approximate surface area is 122 Å². The second kappa shape index (κ2) is 3.65. The highest BCUT2D eigenvalue weighted by atomic mass is 16.6. The van der Waals surface area contributed by atoms with Gasteiger partial charge in [-0.1, -0.05) is 25.1 Å². The first-order valence-corrected chi connectivity index (χ1v) is 7.11. The quantitative estimate of drug-likeness (QED) is 0.576. The topological polar surface area (TPSA) is 59.1 Å². The van der Waals surface area contributed by atoms with Crippen molar-refractivity contribution in [1.82, 2.24) is 0 Å². The molecule has 1 saturated heterocycles. The highest BCUT2D eigenvalue weighted by molar-refractivity contribution is 6.08. The molecule has 21 heavy (non-hydrogen) atoms. The maximum absolute atomic E-state index is 12.8. The zero-order chi connectivity index (χ0) is 15.0. The molecule has 1 aromatic rings. The summed E-state index contributed by atoms with van der Waals surface area (Å²) in [4.78, 5) is 26.7. The number of amides is 1. The van der Waals surface area contributed by atoms with Crippen LogP contribution in [-0.2, 0) is 24.5 Å². The van der Waals surface area contributed by atoms with Crippen LogP contribution in [0.2, 0.25) is 0 Å². The van der Waals surface area contributed by atoms with Gasteiger partial charge >= 0.3 is 5.97 Å². The van der Waals surface area contributed by atoms with E-state index >= 15 is 0 Å². The number of hydrogen-bond acceptors (Lipinski definition) is 4. The number of carbonyl (C=O) groups excluding carboxylic acids is 2. The van der Waals surface area contributed by atoms with E-state index in [9.17, 15) is 9.59 Å². The maximum atomic E-state index is 12.8. The highest BCUT2D eigenvalue weighted by Crippen LogP contribution is 2.68. The fourth-order valence-electron chi connectivity index (χ4n) is 4.41. The van der Waals surface area contributed by atoms with Gasteiger partial charge in [0, 0.05) is 18.2 Å². The van der Waals surface area contributed by atoms with Gasteiger partial charge in [-0.2, -0.15) is 0 Å². The molecule has 5 heteroatoms. The number of epoxide rings is 1. The summed E-state index contributed by atoms with van der Waals surface area (Å²) in [7, 11) is 3.16. The SMILES string of the molecule is COC(=O)[C@@H]1C[C@H]2O[C@]23C(=O)N(C)c2ccccc2[C@@]13C. The molecule has 0 N–H and O–H groups in total. The normalized spacial score (nSPS) is 39.4. The van der Waals surface area contributed by atoms with Crippen molar-refractivity contribution in [2.45, 2.75) is 30.5 Å². The molecule has 0 bridgehead atoms. The predicted molar refractivity (Wildman–Crippen MR) is 74.9 cm³/mol. The van der Waals surface area contributed by atoms with Crippen molar-refractivity contribution >= 4 is 17.6 Å². The van der Waals surface area contributed by atoms with Crippen LogP contribution < -0.4 is 4.90 Å². The van der Waals surface area contributed by atoms with Crippen molar-refractivity contribution in [3.05, 3.63) is 29.8 Å². The van der Waals surface area contributed by atoms with Crippen molar-refractivity contribution in [3.63, 3.8) is 0 Å². The number of likely N-dealkylation sites (N-methyl/N-ethyl adjacent to an activating group) is 1. The van der Waals surface area contributed by atoms with Crippen LogP contribution in [0.4, 0.5) is 5.69 Å². The van der Waals surface area contributed by atoms with Crippen LogP contribution in [0.25, 0.3) is 0 Å². The molecule has 5 nitrogen and oxygen atoms in total. The van der Waals surface area contributed by atoms with E-state index in [4.69, 9.17) is 9.47 Å². The van der Waals surface area contributed by atoms with Gasteiger partial charge in [-0.3, -0.25) is 9.59 Å². The molecular weight excluding hydrogens is 270 g/mol. The molecule has 0 unspecified atom stereocenters. The van der Waals surface area contributed by atoms with Crippen LogP contribution >= 0.6 is 0 Å². The van der Waals surface area contributed by atoms with E-state index in [1.807, 2.05) is 31.2 Å². The van der Waals surface area contributed by atoms with Gasteiger partial charge in [0.1, 0.15) is 0 Å². The largest absolute Gasteiger partial charge is 0.469 e. The molecule has 4 rings (SSSR count). The molecule has 2 fully saturated rings. The lowest BCUT2D eigenvalue weighted by molar-refractivity contribution is -0.150. The number of fused-ring (bicyclic) bond motifs is 2. The Balaban J connectivity index is 1.98. The number of ether oxygens (including phenoxy) is 2. The summed E-state index contributed by atoms with van der Waals surface area (Å²) in [5, 5.41) is 0. The highest BCUT2D eigenvalue weighted by Gasteiger charge is 2.82. The average molecular weight is 287 g/mol. The first-order chi connectivity index (χ1) is 9.98.